The number of halogens is 1. The maximum Gasteiger partial charge on any atom is 0.226 e. The van der Waals surface area contributed by atoms with Gasteiger partial charge < -0.3 is 9.88 Å². The summed E-state index contributed by atoms with van der Waals surface area (Å²) in [6.45, 7) is 0.727. The Hall–Kier alpha value is -2.53. The van der Waals surface area contributed by atoms with E-state index in [1.165, 1.54) is 0 Å². The van der Waals surface area contributed by atoms with E-state index in [1.54, 1.807) is 12.3 Å². The van der Waals surface area contributed by atoms with E-state index in [-0.39, 0.29) is 11.8 Å². The van der Waals surface area contributed by atoms with Crippen molar-refractivity contribution in [3.05, 3.63) is 71.6 Å². The molecule has 2 N–H and O–H groups in total. The van der Waals surface area contributed by atoms with Crippen molar-refractivity contribution in [2.45, 2.75) is 18.9 Å². The number of carbonyl (C=O) groups excluding carboxylic acids is 1. The van der Waals surface area contributed by atoms with E-state index in [4.69, 9.17) is 11.6 Å². The third-order valence-electron chi connectivity index (χ3n) is 3.65. The largest absolute Gasteiger partial charge is 0.354 e. The lowest BCUT2D eigenvalue weighted by atomic mass is 9.95. The highest BCUT2D eigenvalue weighted by Crippen LogP contribution is 2.24. The van der Waals surface area contributed by atoms with Crippen LogP contribution in [0.2, 0.25) is 5.02 Å². The third-order valence-corrected chi connectivity index (χ3v) is 3.90. The Kier molecular flexibility index (Phi) is 4.78. The summed E-state index contributed by atoms with van der Waals surface area (Å²) in [5.41, 5.74) is 1.09. The molecule has 2 heterocycles. The summed E-state index contributed by atoms with van der Waals surface area (Å²) in [7, 11) is 0. The zero-order chi connectivity index (χ0) is 16.1. The monoisotopic (exact) mass is 328 g/mol. The van der Waals surface area contributed by atoms with Gasteiger partial charge in [0.15, 0.2) is 0 Å². The summed E-state index contributed by atoms with van der Waals surface area (Å²) < 4.78 is 2.07. The average Bonchev–Trinajstić information content (AvgIpc) is 3.21. The molecule has 2 aromatic heterocycles. The van der Waals surface area contributed by atoms with Crippen molar-refractivity contribution >= 4 is 23.3 Å². The van der Waals surface area contributed by atoms with Crippen LogP contribution in [-0.2, 0) is 11.3 Å². The number of nitrogens with one attached hydrogen (secondary N) is 2. The smallest absolute Gasteiger partial charge is 0.226 e. The van der Waals surface area contributed by atoms with Crippen LogP contribution in [0.5, 0.6) is 0 Å². The second kappa shape index (κ2) is 7.15. The van der Waals surface area contributed by atoms with Crippen molar-refractivity contribution < 1.29 is 4.79 Å². The maximum atomic E-state index is 12.3. The molecule has 0 aliphatic carbocycles. The standard InChI is InChI=1S/C17H17ClN4O/c18-15-5-3-13(4-6-15)14(12-22-9-1-2-10-22)11-17(23)20-16-7-8-19-21-16/h1-10,14H,11-12H2,(H2,19,20,21,23)/t14-/m0/s1. The molecule has 3 aromatic rings. The van der Waals surface area contributed by atoms with E-state index < -0.39 is 0 Å². The second-order valence-electron chi connectivity index (χ2n) is 5.35. The molecular formula is C17H17ClN4O. The van der Waals surface area contributed by atoms with E-state index in [1.807, 2.05) is 48.8 Å². The maximum absolute atomic E-state index is 12.3. The molecule has 3 rings (SSSR count). The Bertz CT molecular complexity index is 736. The fourth-order valence-electron chi connectivity index (χ4n) is 2.52. The van der Waals surface area contributed by atoms with Crippen LogP contribution < -0.4 is 5.32 Å². The molecule has 5 nitrogen and oxygen atoms in total. The Morgan fingerprint density at radius 3 is 2.61 bits per heavy atom. The molecule has 118 valence electrons. The number of aromatic nitrogens is 3. The van der Waals surface area contributed by atoms with Crippen LogP contribution in [0.3, 0.4) is 0 Å². The number of aromatic amines is 1. The average molecular weight is 329 g/mol. The van der Waals surface area contributed by atoms with Crippen LogP contribution in [0.15, 0.2) is 61.1 Å². The van der Waals surface area contributed by atoms with Crippen LogP contribution in [0.25, 0.3) is 0 Å². The van der Waals surface area contributed by atoms with Crippen molar-refractivity contribution in [3.63, 3.8) is 0 Å². The first-order valence-electron chi connectivity index (χ1n) is 7.36. The molecule has 0 fully saturated rings. The van der Waals surface area contributed by atoms with Gasteiger partial charge in [-0.2, -0.15) is 5.10 Å². The Labute approximate surface area is 139 Å². The van der Waals surface area contributed by atoms with Gasteiger partial charge in [0.2, 0.25) is 5.91 Å². The van der Waals surface area contributed by atoms with Gasteiger partial charge in [0.25, 0.3) is 0 Å². The zero-order valence-electron chi connectivity index (χ0n) is 12.4. The lowest BCUT2D eigenvalue weighted by molar-refractivity contribution is -0.116. The van der Waals surface area contributed by atoms with Crippen LogP contribution >= 0.6 is 11.6 Å². The highest BCUT2D eigenvalue weighted by Gasteiger charge is 2.17. The highest BCUT2D eigenvalue weighted by molar-refractivity contribution is 6.30. The number of rotatable bonds is 6. The summed E-state index contributed by atoms with van der Waals surface area (Å²) in [4.78, 5) is 12.3. The SMILES string of the molecule is O=C(C[C@@H](Cn1cccc1)c1ccc(Cl)cc1)Nc1ccn[nH]1. The molecule has 0 bridgehead atoms. The molecule has 0 saturated heterocycles. The quantitative estimate of drug-likeness (QED) is 0.725. The number of carbonyl (C=O) groups is 1. The predicted molar refractivity (Wildman–Crippen MR) is 90.5 cm³/mol. The van der Waals surface area contributed by atoms with Gasteiger partial charge in [-0.05, 0) is 29.8 Å². The van der Waals surface area contributed by atoms with Crippen molar-refractivity contribution in [2.75, 3.05) is 5.32 Å². The molecule has 0 saturated carbocycles. The van der Waals surface area contributed by atoms with Crippen molar-refractivity contribution in [1.29, 1.82) is 0 Å². The van der Waals surface area contributed by atoms with Gasteiger partial charge in [-0.3, -0.25) is 9.89 Å². The number of nitrogens with zero attached hydrogens (tertiary/aromatic N) is 2. The van der Waals surface area contributed by atoms with Crippen LogP contribution in [-0.4, -0.2) is 20.7 Å². The van der Waals surface area contributed by atoms with Crippen molar-refractivity contribution in [2.24, 2.45) is 0 Å². The van der Waals surface area contributed by atoms with Gasteiger partial charge in [-0.1, -0.05) is 23.7 Å². The molecule has 23 heavy (non-hydrogen) atoms. The fourth-order valence-corrected chi connectivity index (χ4v) is 2.65. The van der Waals surface area contributed by atoms with Gasteiger partial charge in [0.1, 0.15) is 5.82 Å². The minimum absolute atomic E-state index is 0.0543. The Morgan fingerprint density at radius 2 is 1.96 bits per heavy atom. The first-order chi connectivity index (χ1) is 11.2. The minimum Gasteiger partial charge on any atom is -0.354 e. The van der Waals surface area contributed by atoms with Gasteiger partial charge in [-0.25, -0.2) is 0 Å². The van der Waals surface area contributed by atoms with Gasteiger partial charge in [0.05, 0.1) is 6.20 Å². The molecule has 1 amide bonds. The van der Waals surface area contributed by atoms with E-state index in [2.05, 4.69) is 20.1 Å². The molecule has 6 heteroatoms. The van der Waals surface area contributed by atoms with Crippen molar-refractivity contribution in [3.8, 4) is 0 Å². The normalized spacial score (nSPS) is 12.0. The first kappa shape index (κ1) is 15.4. The van der Waals surface area contributed by atoms with E-state index >= 15 is 0 Å². The van der Waals surface area contributed by atoms with E-state index in [9.17, 15) is 4.79 Å². The lowest BCUT2D eigenvalue weighted by Gasteiger charge is -2.18. The lowest BCUT2D eigenvalue weighted by Crippen LogP contribution is -2.18. The molecular weight excluding hydrogens is 312 g/mol. The summed E-state index contributed by atoms with van der Waals surface area (Å²) in [6, 6.07) is 13.3. The fraction of sp³-hybridized carbons (Fsp3) is 0.176. The number of H-pyrrole nitrogens is 1. The topological polar surface area (TPSA) is 62.7 Å². The van der Waals surface area contributed by atoms with Crippen LogP contribution in [0, 0.1) is 0 Å². The number of hydrogen-bond donors (Lipinski definition) is 2. The van der Waals surface area contributed by atoms with Gasteiger partial charge in [-0.15, -0.1) is 0 Å². The Morgan fingerprint density at radius 1 is 1.22 bits per heavy atom. The molecule has 0 spiro atoms. The van der Waals surface area contributed by atoms with Crippen LogP contribution in [0.4, 0.5) is 5.82 Å². The van der Waals surface area contributed by atoms with E-state index in [0.29, 0.717) is 17.3 Å². The van der Waals surface area contributed by atoms with Crippen LogP contribution in [0.1, 0.15) is 17.9 Å². The second-order valence-corrected chi connectivity index (χ2v) is 5.79. The zero-order valence-corrected chi connectivity index (χ0v) is 13.2. The number of benzene rings is 1. The van der Waals surface area contributed by atoms with Gasteiger partial charge >= 0.3 is 0 Å². The number of amides is 1. The summed E-state index contributed by atoms with van der Waals surface area (Å²) >= 11 is 5.96. The molecule has 0 unspecified atom stereocenters. The summed E-state index contributed by atoms with van der Waals surface area (Å²) in [5.74, 6) is 0.606. The van der Waals surface area contributed by atoms with E-state index in [0.717, 1.165) is 12.1 Å². The molecule has 0 radical (unpaired) electrons. The molecule has 1 aromatic carbocycles. The highest BCUT2D eigenvalue weighted by atomic mass is 35.5. The molecule has 0 aliphatic heterocycles. The van der Waals surface area contributed by atoms with Gasteiger partial charge in [0, 0.05) is 42.4 Å². The van der Waals surface area contributed by atoms with Crippen molar-refractivity contribution in [1.82, 2.24) is 14.8 Å². The summed E-state index contributed by atoms with van der Waals surface area (Å²) in [5, 5.41) is 10.1. The minimum atomic E-state index is -0.0543. The Balaban J connectivity index is 1.74. The third kappa shape index (κ3) is 4.23. The first-order valence-corrected chi connectivity index (χ1v) is 7.74. The molecule has 0 aliphatic rings. The predicted octanol–water partition coefficient (Wildman–Crippen LogP) is 3.68. The number of hydrogen-bond acceptors (Lipinski definition) is 2. The summed E-state index contributed by atoms with van der Waals surface area (Å²) in [6.07, 6.45) is 5.97. The molecule has 1 atom stereocenters. The number of anilines is 1.